The molecule has 1 aromatic heterocycles. The van der Waals surface area contributed by atoms with Gasteiger partial charge in [0.1, 0.15) is 11.3 Å². The quantitative estimate of drug-likeness (QED) is 0.456. The SMILES string of the molecule is Cc1ccc(OCC(=O)Nc2cccc(-c3nc4cc(Cl)ccc4o3)c2)cc1C. The van der Waals surface area contributed by atoms with E-state index in [9.17, 15) is 4.79 Å². The van der Waals surface area contributed by atoms with Crippen molar-refractivity contribution in [3.8, 4) is 17.2 Å². The number of carbonyl (C=O) groups is 1. The van der Waals surface area contributed by atoms with E-state index in [0.717, 1.165) is 11.1 Å². The lowest BCUT2D eigenvalue weighted by Gasteiger charge is -2.09. The second kappa shape index (κ2) is 7.97. The molecule has 0 aliphatic heterocycles. The summed E-state index contributed by atoms with van der Waals surface area (Å²) in [7, 11) is 0. The Morgan fingerprint density at radius 1 is 1.07 bits per heavy atom. The number of oxazole rings is 1. The van der Waals surface area contributed by atoms with E-state index in [-0.39, 0.29) is 12.5 Å². The molecule has 1 heterocycles. The minimum absolute atomic E-state index is 0.0753. The molecule has 0 saturated carbocycles. The lowest BCUT2D eigenvalue weighted by atomic mass is 10.1. The van der Waals surface area contributed by atoms with Crippen molar-refractivity contribution in [2.45, 2.75) is 13.8 Å². The van der Waals surface area contributed by atoms with Crippen molar-refractivity contribution in [1.29, 1.82) is 0 Å². The van der Waals surface area contributed by atoms with Crippen LogP contribution in [0.2, 0.25) is 5.02 Å². The molecule has 0 atom stereocenters. The molecule has 0 bridgehead atoms. The van der Waals surface area contributed by atoms with Crippen LogP contribution in [0.1, 0.15) is 11.1 Å². The highest BCUT2D eigenvalue weighted by molar-refractivity contribution is 6.31. The summed E-state index contributed by atoms with van der Waals surface area (Å²) in [6, 6.07) is 18.3. The zero-order valence-corrected chi connectivity index (χ0v) is 16.8. The first kappa shape index (κ1) is 19.0. The molecule has 0 radical (unpaired) electrons. The fraction of sp³-hybridized carbons (Fsp3) is 0.130. The van der Waals surface area contributed by atoms with Crippen molar-refractivity contribution >= 4 is 34.3 Å². The molecule has 1 N–H and O–H groups in total. The number of nitrogens with zero attached hydrogens (tertiary/aromatic N) is 1. The molecule has 4 aromatic rings. The summed E-state index contributed by atoms with van der Waals surface area (Å²) in [5.74, 6) is 0.886. The largest absolute Gasteiger partial charge is 0.484 e. The maximum Gasteiger partial charge on any atom is 0.262 e. The molecule has 0 aliphatic carbocycles. The molecule has 6 heteroatoms. The third-order valence-corrected chi connectivity index (χ3v) is 4.83. The number of benzene rings is 3. The van der Waals surface area contributed by atoms with Gasteiger partial charge in [0.15, 0.2) is 12.2 Å². The van der Waals surface area contributed by atoms with Crippen LogP contribution in [0.4, 0.5) is 5.69 Å². The first-order valence-electron chi connectivity index (χ1n) is 9.14. The van der Waals surface area contributed by atoms with Gasteiger partial charge in [-0.25, -0.2) is 4.98 Å². The van der Waals surface area contributed by atoms with Gasteiger partial charge in [-0.2, -0.15) is 0 Å². The molecule has 29 heavy (non-hydrogen) atoms. The third kappa shape index (κ3) is 4.41. The number of anilines is 1. The van der Waals surface area contributed by atoms with Crippen LogP contribution in [-0.2, 0) is 4.79 Å². The fourth-order valence-corrected chi connectivity index (χ4v) is 3.07. The fourth-order valence-electron chi connectivity index (χ4n) is 2.90. The maximum absolute atomic E-state index is 12.3. The van der Waals surface area contributed by atoms with E-state index in [1.807, 2.05) is 44.2 Å². The lowest BCUT2D eigenvalue weighted by Crippen LogP contribution is -2.20. The number of rotatable bonds is 5. The van der Waals surface area contributed by atoms with Gasteiger partial charge in [0.25, 0.3) is 5.91 Å². The molecule has 0 saturated heterocycles. The van der Waals surface area contributed by atoms with Crippen LogP contribution < -0.4 is 10.1 Å². The topological polar surface area (TPSA) is 64.4 Å². The average Bonchev–Trinajstić information content (AvgIpc) is 3.12. The minimum Gasteiger partial charge on any atom is -0.484 e. The van der Waals surface area contributed by atoms with Gasteiger partial charge >= 0.3 is 0 Å². The summed E-state index contributed by atoms with van der Waals surface area (Å²) in [5.41, 5.74) is 5.03. The van der Waals surface area contributed by atoms with Crippen molar-refractivity contribution in [3.63, 3.8) is 0 Å². The van der Waals surface area contributed by atoms with Crippen LogP contribution in [0.25, 0.3) is 22.6 Å². The van der Waals surface area contributed by atoms with Crippen molar-refractivity contribution in [3.05, 3.63) is 76.8 Å². The van der Waals surface area contributed by atoms with Crippen LogP contribution in [0.5, 0.6) is 5.75 Å². The molecular formula is C23H19ClN2O3. The standard InChI is InChI=1S/C23H19ClN2O3/c1-14-6-8-19(10-15(14)2)28-13-22(27)25-18-5-3-4-16(11-18)23-26-20-12-17(24)7-9-21(20)29-23/h3-12H,13H2,1-2H3,(H,25,27). The van der Waals surface area contributed by atoms with Crippen LogP contribution in [0.3, 0.4) is 0 Å². The number of hydrogen-bond acceptors (Lipinski definition) is 4. The monoisotopic (exact) mass is 406 g/mol. The number of halogens is 1. The van der Waals surface area contributed by atoms with E-state index >= 15 is 0 Å². The average molecular weight is 407 g/mol. The smallest absolute Gasteiger partial charge is 0.262 e. The maximum atomic E-state index is 12.3. The Labute approximate surface area is 173 Å². The second-order valence-electron chi connectivity index (χ2n) is 6.79. The third-order valence-electron chi connectivity index (χ3n) is 4.59. The number of carbonyl (C=O) groups excluding carboxylic acids is 1. The zero-order chi connectivity index (χ0) is 20.4. The van der Waals surface area contributed by atoms with Gasteiger partial charge in [-0.3, -0.25) is 4.79 Å². The summed E-state index contributed by atoms with van der Waals surface area (Å²) in [6.07, 6.45) is 0. The summed E-state index contributed by atoms with van der Waals surface area (Å²) in [6.45, 7) is 3.96. The number of amides is 1. The summed E-state index contributed by atoms with van der Waals surface area (Å²) in [5, 5.41) is 3.44. The van der Waals surface area contributed by atoms with Crippen LogP contribution in [-0.4, -0.2) is 17.5 Å². The number of nitrogens with one attached hydrogen (secondary N) is 1. The molecule has 5 nitrogen and oxygen atoms in total. The first-order chi connectivity index (χ1) is 14.0. The van der Waals surface area contributed by atoms with E-state index in [1.54, 1.807) is 30.3 Å². The molecule has 0 spiro atoms. The van der Waals surface area contributed by atoms with Crippen molar-refractivity contribution in [1.82, 2.24) is 4.98 Å². The van der Waals surface area contributed by atoms with Crippen molar-refractivity contribution in [2.24, 2.45) is 0 Å². The Morgan fingerprint density at radius 2 is 1.93 bits per heavy atom. The summed E-state index contributed by atoms with van der Waals surface area (Å²) < 4.78 is 11.4. The summed E-state index contributed by atoms with van der Waals surface area (Å²) >= 11 is 6.01. The summed E-state index contributed by atoms with van der Waals surface area (Å²) in [4.78, 5) is 16.7. The number of ether oxygens (including phenoxy) is 1. The van der Waals surface area contributed by atoms with Gasteiger partial charge in [-0.05, 0) is 73.5 Å². The highest BCUT2D eigenvalue weighted by Gasteiger charge is 2.11. The number of aryl methyl sites for hydroxylation is 2. The Kier molecular flexibility index (Phi) is 5.23. The van der Waals surface area contributed by atoms with Gasteiger partial charge in [-0.15, -0.1) is 0 Å². The Bertz CT molecular complexity index is 1200. The van der Waals surface area contributed by atoms with E-state index in [2.05, 4.69) is 10.3 Å². The molecule has 1 amide bonds. The molecule has 4 rings (SSSR count). The predicted molar refractivity (Wildman–Crippen MR) is 114 cm³/mol. The predicted octanol–water partition coefficient (Wildman–Crippen LogP) is 5.78. The Balaban J connectivity index is 1.45. The lowest BCUT2D eigenvalue weighted by molar-refractivity contribution is -0.118. The van der Waals surface area contributed by atoms with Gasteiger partial charge in [0, 0.05) is 16.3 Å². The highest BCUT2D eigenvalue weighted by Crippen LogP contribution is 2.27. The zero-order valence-electron chi connectivity index (χ0n) is 16.0. The van der Waals surface area contributed by atoms with E-state index < -0.39 is 0 Å². The van der Waals surface area contributed by atoms with Gasteiger partial charge in [0.2, 0.25) is 5.89 Å². The Hall–Kier alpha value is -3.31. The number of hydrogen-bond donors (Lipinski definition) is 1. The van der Waals surface area contributed by atoms with E-state index in [1.165, 1.54) is 5.56 Å². The normalized spacial score (nSPS) is 10.9. The molecular weight excluding hydrogens is 388 g/mol. The van der Waals surface area contributed by atoms with E-state index in [0.29, 0.717) is 33.4 Å². The first-order valence-corrected chi connectivity index (χ1v) is 9.52. The highest BCUT2D eigenvalue weighted by atomic mass is 35.5. The van der Waals surface area contributed by atoms with Gasteiger partial charge in [-0.1, -0.05) is 23.7 Å². The molecule has 0 unspecified atom stereocenters. The van der Waals surface area contributed by atoms with Crippen LogP contribution in [0, 0.1) is 13.8 Å². The number of fused-ring (bicyclic) bond motifs is 1. The molecule has 3 aromatic carbocycles. The van der Waals surface area contributed by atoms with E-state index in [4.69, 9.17) is 20.8 Å². The molecule has 0 aliphatic rings. The number of aromatic nitrogens is 1. The minimum atomic E-state index is -0.246. The van der Waals surface area contributed by atoms with Crippen LogP contribution in [0.15, 0.2) is 65.1 Å². The van der Waals surface area contributed by atoms with Crippen molar-refractivity contribution in [2.75, 3.05) is 11.9 Å². The Morgan fingerprint density at radius 3 is 2.76 bits per heavy atom. The second-order valence-corrected chi connectivity index (χ2v) is 7.23. The molecule has 146 valence electrons. The van der Waals surface area contributed by atoms with Gasteiger partial charge < -0.3 is 14.5 Å². The van der Waals surface area contributed by atoms with Crippen LogP contribution >= 0.6 is 11.6 Å². The van der Waals surface area contributed by atoms with Crippen molar-refractivity contribution < 1.29 is 13.9 Å². The molecule has 0 fully saturated rings. The van der Waals surface area contributed by atoms with Gasteiger partial charge in [0.05, 0.1) is 0 Å².